The van der Waals surface area contributed by atoms with Crippen LogP contribution in [0.4, 0.5) is 0 Å². The van der Waals surface area contributed by atoms with Gasteiger partial charge in [0.05, 0.1) is 0 Å². The molecule has 0 spiro atoms. The first-order valence-corrected chi connectivity index (χ1v) is 3.53. The summed E-state index contributed by atoms with van der Waals surface area (Å²) in [7, 11) is 0. The summed E-state index contributed by atoms with van der Waals surface area (Å²) in [5, 5.41) is 0. The number of esters is 1. The molecule has 10 heavy (non-hydrogen) atoms. The van der Waals surface area contributed by atoms with E-state index in [0.717, 1.165) is 5.57 Å². The van der Waals surface area contributed by atoms with Crippen LogP contribution in [0.2, 0.25) is 0 Å². The van der Waals surface area contributed by atoms with Gasteiger partial charge in [0.1, 0.15) is 6.10 Å². The Morgan fingerprint density at radius 2 is 2.20 bits per heavy atom. The minimum Gasteiger partial charge on any atom is -0.455 e. The molecule has 2 heteroatoms. The number of ether oxygens (including phenoxy) is 1. The molecule has 0 N–H and O–H groups in total. The molecule has 0 fully saturated rings. The molecule has 0 aromatic rings. The van der Waals surface area contributed by atoms with E-state index in [1.807, 2.05) is 6.92 Å². The third kappa shape index (κ3) is 1.20. The normalized spacial score (nSPS) is 25.0. The maximum atomic E-state index is 10.7. The van der Waals surface area contributed by atoms with Gasteiger partial charge in [0, 0.05) is 6.08 Å². The second kappa shape index (κ2) is 2.45. The second-order valence-electron chi connectivity index (χ2n) is 2.88. The largest absolute Gasteiger partial charge is 0.455 e. The summed E-state index contributed by atoms with van der Waals surface area (Å²) in [5.41, 5.74) is 1.10. The number of carbonyl (C=O) groups is 1. The number of rotatable bonds is 1. The maximum Gasteiger partial charge on any atom is 0.331 e. The van der Waals surface area contributed by atoms with Gasteiger partial charge in [-0.3, -0.25) is 0 Å². The fourth-order valence-electron chi connectivity index (χ4n) is 1.17. The van der Waals surface area contributed by atoms with E-state index in [9.17, 15) is 4.79 Å². The highest BCUT2D eigenvalue weighted by molar-refractivity contribution is 5.85. The highest BCUT2D eigenvalue weighted by Gasteiger charge is 2.23. The zero-order chi connectivity index (χ0) is 7.72. The van der Waals surface area contributed by atoms with Crippen LogP contribution in [0.3, 0.4) is 0 Å². The number of hydrogen-bond donors (Lipinski definition) is 0. The van der Waals surface area contributed by atoms with Gasteiger partial charge in [0.15, 0.2) is 0 Å². The molecule has 2 nitrogen and oxygen atoms in total. The molecule has 0 saturated heterocycles. The van der Waals surface area contributed by atoms with E-state index in [4.69, 9.17) is 4.74 Å². The van der Waals surface area contributed by atoms with Gasteiger partial charge in [-0.25, -0.2) is 4.79 Å². The quantitative estimate of drug-likeness (QED) is 0.516. The van der Waals surface area contributed by atoms with Gasteiger partial charge in [-0.05, 0) is 18.4 Å². The number of carbonyl (C=O) groups excluding carboxylic acids is 1. The minimum absolute atomic E-state index is 0.00694. The Balaban J connectivity index is 2.75. The Morgan fingerprint density at radius 1 is 1.60 bits per heavy atom. The van der Waals surface area contributed by atoms with Crippen molar-refractivity contribution in [2.24, 2.45) is 5.92 Å². The summed E-state index contributed by atoms with van der Waals surface area (Å²) in [4.78, 5) is 10.7. The van der Waals surface area contributed by atoms with Crippen molar-refractivity contribution >= 4 is 5.97 Å². The molecule has 0 aliphatic carbocycles. The average molecular weight is 140 g/mol. The molecular formula is C8H12O2. The Hall–Kier alpha value is -0.790. The zero-order valence-electron chi connectivity index (χ0n) is 6.55. The Labute approximate surface area is 60.9 Å². The van der Waals surface area contributed by atoms with E-state index >= 15 is 0 Å². The Kier molecular flexibility index (Phi) is 1.79. The highest BCUT2D eigenvalue weighted by Crippen LogP contribution is 2.21. The van der Waals surface area contributed by atoms with Gasteiger partial charge in [0.2, 0.25) is 0 Å². The molecule has 0 radical (unpaired) electrons. The molecule has 1 heterocycles. The highest BCUT2D eigenvalue weighted by atomic mass is 16.5. The fourth-order valence-corrected chi connectivity index (χ4v) is 1.17. The van der Waals surface area contributed by atoms with Gasteiger partial charge < -0.3 is 4.74 Å². The smallest absolute Gasteiger partial charge is 0.331 e. The summed E-state index contributed by atoms with van der Waals surface area (Å²) >= 11 is 0. The van der Waals surface area contributed by atoms with Crippen LogP contribution in [0.15, 0.2) is 11.6 Å². The van der Waals surface area contributed by atoms with Crippen LogP contribution in [-0.2, 0) is 9.53 Å². The molecule has 1 aliphatic heterocycles. The standard InChI is InChI=1S/C8H12O2/c1-5(2)7-4-8(9)10-6(7)3/h4-6H,1-3H3. The first-order chi connectivity index (χ1) is 4.61. The average Bonchev–Trinajstić information content (AvgIpc) is 2.10. The Bertz CT molecular complexity index is 180. The Morgan fingerprint density at radius 3 is 2.40 bits per heavy atom. The predicted molar refractivity (Wildman–Crippen MR) is 38.5 cm³/mol. The van der Waals surface area contributed by atoms with Crippen molar-refractivity contribution in [1.29, 1.82) is 0 Å². The van der Waals surface area contributed by atoms with Gasteiger partial charge in [-0.1, -0.05) is 13.8 Å². The number of hydrogen-bond acceptors (Lipinski definition) is 2. The van der Waals surface area contributed by atoms with Crippen molar-refractivity contribution in [2.75, 3.05) is 0 Å². The lowest BCUT2D eigenvalue weighted by Gasteiger charge is -2.10. The molecule has 1 aliphatic rings. The summed E-state index contributed by atoms with van der Waals surface area (Å²) in [6, 6.07) is 0. The van der Waals surface area contributed by atoms with Crippen molar-refractivity contribution in [3.05, 3.63) is 11.6 Å². The van der Waals surface area contributed by atoms with Gasteiger partial charge in [-0.2, -0.15) is 0 Å². The maximum absolute atomic E-state index is 10.7. The molecule has 0 aromatic heterocycles. The summed E-state index contributed by atoms with van der Waals surface area (Å²) in [6.45, 7) is 6.02. The van der Waals surface area contributed by atoms with Gasteiger partial charge in [0.25, 0.3) is 0 Å². The van der Waals surface area contributed by atoms with E-state index in [1.54, 1.807) is 6.08 Å². The lowest BCUT2D eigenvalue weighted by Crippen LogP contribution is -2.09. The third-order valence-electron chi connectivity index (χ3n) is 1.71. The molecule has 0 aromatic carbocycles. The monoisotopic (exact) mass is 140 g/mol. The molecule has 0 saturated carbocycles. The molecule has 0 amide bonds. The van der Waals surface area contributed by atoms with Crippen molar-refractivity contribution < 1.29 is 9.53 Å². The molecular weight excluding hydrogens is 128 g/mol. The first kappa shape index (κ1) is 7.32. The van der Waals surface area contributed by atoms with Crippen LogP contribution in [0.5, 0.6) is 0 Å². The SMILES string of the molecule is CC(C)C1=CC(=O)OC1C. The molecule has 1 rings (SSSR count). The summed E-state index contributed by atoms with van der Waals surface area (Å²) in [6.07, 6.45) is 1.59. The van der Waals surface area contributed by atoms with Gasteiger partial charge >= 0.3 is 5.97 Å². The van der Waals surface area contributed by atoms with Crippen molar-refractivity contribution in [1.82, 2.24) is 0 Å². The van der Waals surface area contributed by atoms with Crippen LogP contribution in [0.25, 0.3) is 0 Å². The van der Waals surface area contributed by atoms with E-state index in [0.29, 0.717) is 5.92 Å². The summed E-state index contributed by atoms with van der Waals surface area (Å²) in [5.74, 6) is 0.220. The molecule has 1 atom stereocenters. The van der Waals surface area contributed by atoms with E-state index in [-0.39, 0.29) is 12.1 Å². The van der Waals surface area contributed by atoms with Crippen LogP contribution in [0.1, 0.15) is 20.8 Å². The van der Waals surface area contributed by atoms with Crippen molar-refractivity contribution in [2.45, 2.75) is 26.9 Å². The van der Waals surface area contributed by atoms with E-state index in [1.165, 1.54) is 0 Å². The van der Waals surface area contributed by atoms with E-state index in [2.05, 4.69) is 13.8 Å². The van der Waals surface area contributed by atoms with Crippen LogP contribution >= 0.6 is 0 Å². The first-order valence-electron chi connectivity index (χ1n) is 3.53. The number of cyclic esters (lactones) is 1. The molecule has 1 unspecified atom stereocenters. The van der Waals surface area contributed by atoms with Gasteiger partial charge in [-0.15, -0.1) is 0 Å². The van der Waals surface area contributed by atoms with Crippen LogP contribution in [0, 0.1) is 5.92 Å². The van der Waals surface area contributed by atoms with Crippen LogP contribution in [-0.4, -0.2) is 12.1 Å². The lowest BCUT2D eigenvalue weighted by atomic mass is 10.00. The third-order valence-corrected chi connectivity index (χ3v) is 1.71. The van der Waals surface area contributed by atoms with Crippen molar-refractivity contribution in [3.8, 4) is 0 Å². The molecule has 0 bridgehead atoms. The fraction of sp³-hybridized carbons (Fsp3) is 0.625. The summed E-state index contributed by atoms with van der Waals surface area (Å²) < 4.78 is 4.90. The lowest BCUT2D eigenvalue weighted by molar-refractivity contribution is -0.138. The van der Waals surface area contributed by atoms with Crippen molar-refractivity contribution in [3.63, 3.8) is 0 Å². The van der Waals surface area contributed by atoms with E-state index < -0.39 is 0 Å². The predicted octanol–water partition coefficient (Wildman–Crippen LogP) is 1.51. The molecule has 56 valence electrons. The minimum atomic E-state index is -0.198. The van der Waals surface area contributed by atoms with Crippen LogP contribution < -0.4 is 0 Å². The topological polar surface area (TPSA) is 26.3 Å². The second-order valence-corrected chi connectivity index (χ2v) is 2.88. The zero-order valence-corrected chi connectivity index (χ0v) is 6.55.